The Hall–Kier alpha value is -2.34. The van der Waals surface area contributed by atoms with Crippen molar-refractivity contribution in [3.05, 3.63) is 64.1 Å². The lowest BCUT2D eigenvalue weighted by Gasteiger charge is -2.23. The first-order valence-electron chi connectivity index (χ1n) is 10.5. The van der Waals surface area contributed by atoms with Gasteiger partial charge in [-0.25, -0.2) is 0 Å². The lowest BCUT2D eigenvalue weighted by molar-refractivity contribution is -0.124. The molecule has 1 saturated heterocycles. The first-order valence-corrected chi connectivity index (χ1v) is 11.3. The topological polar surface area (TPSA) is 61.4 Å². The van der Waals surface area contributed by atoms with Gasteiger partial charge in [0.1, 0.15) is 6.04 Å². The van der Waals surface area contributed by atoms with E-state index in [4.69, 9.17) is 0 Å². The van der Waals surface area contributed by atoms with Gasteiger partial charge in [0.15, 0.2) is 0 Å². The molecule has 1 heterocycles. The highest BCUT2D eigenvalue weighted by Gasteiger charge is 2.27. The van der Waals surface area contributed by atoms with Crippen molar-refractivity contribution < 1.29 is 9.59 Å². The van der Waals surface area contributed by atoms with Crippen molar-refractivity contribution in [2.45, 2.75) is 33.2 Å². The molecule has 2 aromatic rings. The number of carbonyl (C=O) groups is 2. The van der Waals surface area contributed by atoms with Crippen molar-refractivity contribution in [3.63, 3.8) is 0 Å². The summed E-state index contributed by atoms with van der Waals surface area (Å²) in [4.78, 5) is 27.7. The zero-order valence-electron chi connectivity index (χ0n) is 17.8. The molecule has 6 heteroatoms. The molecule has 0 saturated carbocycles. The molecule has 0 radical (unpaired) electrons. The van der Waals surface area contributed by atoms with Crippen LogP contribution in [0.25, 0.3) is 0 Å². The highest BCUT2D eigenvalue weighted by molar-refractivity contribution is 9.10. The average molecular weight is 472 g/mol. The Morgan fingerprint density at radius 1 is 1.17 bits per heavy atom. The standard InChI is InChI=1S/C24H30BrN3O2/c1-16(2)22(27-23(29)19-9-7-17(3)8-10-19)24(30)26-14-18-11-12-28(15-18)21-6-4-5-20(25)13-21/h4-10,13,16,18,22H,11-12,14-15H2,1-3H3,(H,26,30)(H,27,29). The van der Waals surface area contributed by atoms with Crippen LogP contribution in [0, 0.1) is 18.8 Å². The maximum absolute atomic E-state index is 12.8. The SMILES string of the molecule is Cc1ccc(C(=O)NC(C(=O)NCC2CCN(c3cccc(Br)c3)C2)C(C)C)cc1. The van der Waals surface area contributed by atoms with Crippen LogP contribution in [0.5, 0.6) is 0 Å². The van der Waals surface area contributed by atoms with Crippen molar-refractivity contribution in [2.75, 3.05) is 24.5 Å². The fourth-order valence-corrected chi connectivity index (χ4v) is 4.11. The number of hydrogen-bond donors (Lipinski definition) is 2. The smallest absolute Gasteiger partial charge is 0.251 e. The number of halogens is 1. The van der Waals surface area contributed by atoms with Crippen LogP contribution in [0.3, 0.4) is 0 Å². The predicted molar refractivity (Wildman–Crippen MR) is 125 cm³/mol. The Bertz CT molecular complexity index is 882. The molecule has 0 bridgehead atoms. The largest absolute Gasteiger partial charge is 0.371 e. The molecule has 2 atom stereocenters. The zero-order valence-corrected chi connectivity index (χ0v) is 19.4. The van der Waals surface area contributed by atoms with Crippen LogP contribution >= 0.6 is 15.9 Å². The first-order chi connectivity index (χ1) is 14.3. The normalized spacial score (nSPS) is 17.1. The Morgan fingerprint density at radius 2 is 1.90 bits per heavy atom. The number of benzene rings is 2. The molecule has 3 rings (SSSR count). The molecular formula is C24H30BrN3O2. The van der Waals surface area contributed by atoms with Gasteiger partial charge in [-0.3, -0.25) is 9.59 Å². The minimum atomic E-state index is -0.554. The molecule has 2 amide bonds. The third-order valence-electron chi connectivity index (χ3n) is 5.57. The van der Waals surface area contributed by atoms with Gasteiger partial charge in [-0.1, -0.05) is 53.5 Å². The summed E-state index contributed by atoms with van der Waals surface area (Å²) in [5, 5.41) is 5.97. The number of rotatable bonds is 7. The van der Waals surface area contributed by atoms with Gasteiger partial charge < -0.3 is 15.5 Å². The Balaban J connectivity index is 1.53. The van der Waals surface area contributed by atoms with Gasteiger partial charge in [0.2, 0.25) is 5.91 Å². The van der Waals surface area contributed by atoms with Crippen LogP contribution < -0.4 is 15.5 Å². The van der Waals surface area contributed by atoms with E-state index in [0.29, 0.717) is 18.0 Å². The quantitative estimate of drug-likeness (QED) is 0.637. The summed E-state index contributed by atoms with van der Waals surface area (Å²) in [6.45, 7) is 8.39. The molecule has 160 valence electrons. The fourth-order valence-electron chi connectivity index (χ4n) is 3.73. The number of hydrogen-bond acceptors (Lipinski definition) is 3. The van der Waals surface area contributed by atoms with E-state index in [-0.39, 0.29) is 17.7 Å². The lowest BCUT2D eigenvalue weighted by atomic mass is 10.0. The van der Waals surface area contributed by atoms with Gasteiger partial charge in [-0.2, -0.15) is 0 Å². The Kier molecular flexibility index (Phi) is 7.53. The van der Waals surface area contributed by atoms with Crippen molar-refractivity contribution >= 4 is 33.4 Å². The lowest BCUT2D eigenvalue weighted by Crippen LogP contribution is -2.50. The van der Waals surface area contributed by atoms with E-state index < -0.39 is 6.04 Å². The molecule has 1 fully saturated rings. The van der Waals surface area contributed by atoms with Gasteiger partial charge in [-0.05, 0) is 55.5 Å². The van der Waals surface area contributed by atoms with E-state index in [2.05, 4.69) is 43.6 Å². The predicted octanol–water partition coefficient (Wildman–Crippen LogP) is 4.15. The van der Waals surface area contributed by atoms with Crippen LogP contribution in [0.15, 0.2) is 53.0 Å². The van der Waals surface area contributed by atoms with Crippen molar-refractivity contribution in [2.24, 2.45) is 11.8 Å². The Morgan fingerprint density at radius 3 is 2.57 bits per heavy atom. The maximum Gasteiger partial charge on any atom is 0.251 e. The molecule has 2 aromatic carbocycles. The van der Waals surface area contributed by atoms with Gasteiger partial charge in [0.25, 0.3) is 5.91 Å². The van der Waals surface area contributed by atoms with E-state index in [9.17, 15) is 9.59 Å². The summed E-state index contributed by atoms with van der Waals surface area (Å²) < 4.78 is 1.07. The van der Waals surface area contributed by atoms with E-state index >= 15 is 0 Å². The van der Waals surface area contributed by atoms with Crippen molar-refractivity contribution in [1.82, 2.24) is 10.6 Å². The molecule has 0 aliphatic carbocycles. The summed E-state index contributed by atoms with van der Waals surface area (Å²) in [6, 6.07) is 15.1. The molecule has 30 heavy (non-hydrogen) atoms. The molecule has 0 spiro atoms. The third-order valence-corrected chi connectivity index (χ3v) is 6.07. The fraction of sp³-hybridized carbons (Fsp3) is 0.417. The second kappa shape index (κ2) is 10.1. The van der Waals surface area contributed by atoms with Crippen LogP contribution in [0.2, 0.25) is 0 Å². The number of carbonyl (C=O) groups excluding carboxylic acids is 2. The molecular weight excluding hydrogens is 442 g/mol. The van der Waals surface area contributed by atoms with Crippen molar-refractivity contribution in [1.29, 1.82) is 0 Å². The molecule has 2 unspecified atom stereocenters. The molecule has 5 nitrogen and oxygen atoms in total. The highest BCUT2D eigenvalue weighted by atomic mass is 79.9. The average Bonchev–Trinajstić information content (AvgIpc) is 3.19. The van der Waals surface area contributed by atoms with Crippen LogP contribution in [-0.2, 0) is 4.79 Å². The van der Waals surface area contributed by atoms with Gasteiger partial charge in [-0.15, -0.1) is 0 Å². The van der Waals surface area contributed by atoms with E-state index in [1.165, 1.54) is 5.69 Å². The van der Waals surface area contributed by atoms with E-state index in [1.54, 1.807) is 12.1 Å². The third kappa shape index (κ3) is 5.85. The number of anilines is 1. The minimum Gasteiger partial charge on any atom is -0.371 e. The van der Waals surface area contributed by atoms with Gasteiger partial charge in [0, 0.05) is 35.4 Å². The van der Waals surface area contributed by atoms with Crippen LogP contribution in [-0.4, -0.2) is 37.5 Å². The van der Waals surface area contributed by atoms with Crippen LogP contribution in [0.4, 0.5) is 5.69 Å². The summed E-state index contributed by atoms with van der Waals surface area (Å²) >= 11 is 3.53. The summed E-state index contributed by atoms with van der Waals surface area (Å²) in [6.07, 6.45) is 1.04. The zero-order chi connectivity index (χ0) is 21.7. The number of nitrogens with one attached hydrogen (secondary N) is 2. The van der Waals surface area contributed by atoms with E-state index in [1.807, 2.05) is 45.0 Å². The van der Waals surface area contributed by atoms with Gasteiger partial charge in [0.05, 0.1) is 0 Å². The monoisotopic (exact) mass is 471 g/mol. The first kappa shape index (κ1) is 22.3. The van der Waals surface area contributed by atoms with Crippen LogP contribution in [0.1, 0.15) is 36.2 Å². The number of aryl methyl sites for hydroxylation is 1. The molecule has 0 aromatic heterocycles. The summed E-state index contributed by atoms with van der Waals surface area (Å²) in [5.74, 6) is 0.0617. The Labute approximate surface area is 187 Å². The second-order valence-corrected chi connectivity index (χ2v) is 9.30. The molecule has 1 aliphatic rings. The van der Waals surface area contributed by atoms with Crippen molar-refractivity contribution in [3.8, 4) is 0 Å². The maximum atomic E-state index is 12.8. The minimum absolute atomic E-state index is 0.00106. The second-order valence-electron chi connectivity index (χ2n) is 8.39. The highest BCUT2D eigenvalue weighted by Crippen LogP contribution is 2.26. The van der Waals surface area contributed by atoms with E-state index in [0.717, 1.165) is 29.5 Å². The summed E-state index contributed by atoms with van der Waals surface area (Å²) in [5.41, 5.74) is 2.86. The molecule has 2 N–H and O–H groups in total. The number of amides is 2. The van der Waals surface area contributed by atoms with Gasteiger partial charge >= 0.3 is 0 Å². The molecule has 1 aliphatic heterocycles. The summed E-state index contributed by atoms with van der Waals surface area (Å²) in [7, 11) is 0. The number of nitrogens with zero attached hydrogens (tertiary/aromatic N) is 1.